The molecule has 1 aromatic heterocycles. The Hall–Kier alpha value is -0.670. The summed E-state index contributed by atoms with van der Waals surface area (Å²) in [7, 11) is 2.07. The molecule has 0 N–H and O–H groups in total. The molecule has 3 heteroatoms. The van der Waals surface area contributed by atoms with Crippen LogP contribution in [0.1, 0.15) is 40.7 Å². The van der Waals surface area contributed by atoms with E-state index < -0.39 is 0 Å². The Morgan fingerprint density at radius 3 is 2.75 bits per heavy atom. The highest BCUT2D eigenvalue weighted by Gasteiger charge is 2.23. The fraction of sp³-hybridized carbons (Fsp3) is 0.615. The number of hydrogen-bond donors (Lipinski definition) is 0. The van der Waals surface area contributed by atoms with Gasteiger partial charge in [0, 0.05) is 10.9 Å². The number of carbonyl (C=O) groups excluding carboxylic acids is 1. The van der Waals surface area contributed by atoms with E-state index in [0.29, 0.717) is 12.6 Å². The molecule has 1 aromatic rings. The topological polar surface area (TPSA) is 20.3 Å². The SMILES string of the molecule is CCc1ccc(C(=O)CN(C)C2CCC2)s1. The largest absolute Gasteiger partial charge is 0.296 e. The van der Waals surface area contributed by atoms with Gasteiger partial charge in [-0.2, -0.15) is 0 Å². The molecule has 0 unspecified atom stereocenters. The standard InChI is InChI=1S/C13H19NOS/c1-3-11-7-8-13(16-11)12(15)9-14(2)10-5-4-6-10/h7-8,10H,3-6,9H2,1-2H3. The van der Waals surface area contributed by atoms with Gasteiger partial charge in [-0.15, -0.1) is 11.3 Å². The Labute approximate surface area is 101 Å². The van der Waals surface area contributed by atoms with Gasteiger partial charge in [-0.1, -0.05) is 13.3 Å². The number of aryl methyl sites for hydroxylation is 1. The van der Waals surface area contributed by atoms with Gasteiger partial charge in [0.25, 0.3) is 0 Å². The molecule has 0 radical (unpaired) electrons. The van der Waals surface area contributed by atoms with Crippen LogP contribution in [0.2, 0.25) is 0 Å². The first-order valence-electron chi connectivity index (χ1n) is 6.03. The molecule has 1 fully saturated rings. The molecular formula is C13H19NOS. The molecule has 2 nitrogen and oxygen atoms in total. The van der Waals surface area contributed by atoms with Crippen LogP contribution < -0.4 is 0 Å². The van der Waals surface area contributed by atoms with Crippen LogP contribution in [-0.4, -0.2) is 30.3 Å². The summed E-state index contributed by atoms with van der Waals surface area (Å²) in [5, 5.41) is 0. The molecule has 0 bridgehead atoms. The van der Waals surface area contributed by atoms with Crippen LogP contribution in [0.5, 0.6) is 0 Å². The van der Waals surface area contributed by atoms with Crippen molar-refractivity contribution in [1.82, 2.24) is 4.90 Å². The van der Waals surface area contributed by atoms with Crippen LogP contribution in [0.3, 0.4) is 0 Å². The van der Waals surface area contributed by atoms with Crippen LogP contribution in [0.25, 0.3) is 0 Å². The summed E-state index contributed by atoms with van der Waals surface area (Å²) in [6.45, 7) is 2.70. The Balaban J connectivity index is 1.91. The van der Waals surface area contributed by atoms with E-state index in [9.17, 15) is 4.79 Å². The molecule has 0 spiro atoms. The van der Waals surface area contributed by atoms with Crippen LogP contribution >= 0.6 is 11.3 Å². The maximum atomic E-state index is 12.0. The fourth-order valence-electron chi connectivity index (χ4n) is 1.98. The van der Waals surface area contributed by atoms with Crippen LogP contribution in [-0.2, 0) is 6.42 Å². The predicted molar refractivity (Wildman–Crippen MR) is 68.3 cm³/mol. The van der Waals surface area contributed by atoms with Gasteiger partial charge >= 0.3 is 0 Å². The highest BCUT2D eigenvalue weighted by Crippen LogP contribution is 2.24. The third-order valence-corrected chi connectivity index (χ3v) is 4.65. The number of nitrogens with zero attached hydrogens (tertiary/aromatic N) is 1. The first-order valence-corrected chi connectivity index (χ1v) is 6.84. The molecule has 0 aliphatic heterocycles. The van der Waals surface area contributed by atoms with Gasteiger partial charge < -0.3 is 0 Å². The summed E-state index contributed by atoms with van der Waals surface area (Å²) in [6.07, 6.45) is 4.86. The van der Waals surface area contributed by atoms with Crippen molar-refractivity contribution in [2.75, 3.05) is 13.6 Å². The maximum Gasteiger partial charge on any atom is 0.186 e. The molecule has 1 aliphatic carbocycles. The molecule has 0 atom stereocenters. The Kier molecular flexibility index (Phi) is 3.77. The lowest BCUT2D eigenvalue weighted by Crippen LogP contribution is -2.40. The van der Waals surface area contributed by atoms with Crippen molar-refractivity contribution < 1.29 is 4.79 Å². The summed E-state index contributed by atoms with van der Waals surface area (Å²) in [5.41, 5.74) is 0. The van der Waals surface area contributed by atoms with Gasteiger partial charge in [0.2, 0.25) is 0 Å². The lowest BCUT2D eigenvalue weighted by atomic mass is 9.92. The molecule has 1 heterocycles. The minimum absolute atomic E-state index is 0.277. The van der Waals surface area contributed by atoms with Crippen molar-refractivity contribution in [3.05, 3.63) is 21.9 Å². The van der Waals surface area contributed by atoms with Crippen molar-refractivity contribution in [3.8, 4) is 0 Å². The minimum atomic E-state index is 0.277. The zero-order valence-electron chi connectivity index (χ0n) is 10.0. The number of thiophene rings is 1. The minimum Gasteiger partial charge on any atom is -0.296 e. The first-order chi connectivity index (χ1) is 7.70. The fourth-order valence-corrected chi connectivity index (χ4v) is 2.86. The van der Waals surface area contributed by atoms with Gasteiger partial charge in [-0.25, -0.2) is 0 Å². The zero-order chi connectivity index (χ0) is 11.5. The van der Waals surface area contributed by atoms with Gasteiger partial charge in [0.05, 0.1) is 11.4 Å². The lowest BCUT2D eigenvalue weighted by molar-refractivity contribution is 0.0874. The van der Waals surface area contributed by atoms with Crippen LogP contribution in [0, 0.1) is 0 Å². The number of ketones is 1. The first kappa shape index (κ1) is 11.8. The molecule has 0 aromatic carbocycles. The van der Waals surface area contributed by atoms with Gasteiger partial charge in [-0.05, 0) is 38.4 Å². The second-order valence-electron chi connectivity index (χ2n) is 4.54. The number of likely N-dealkylation sites (N-methyl/N-ethyl adjacent to an activating group) is 1. The second-order valence-corrected chi connectivity index (χ2v) is 5.71. The highest BCUT2D eigenvalue weighted by atomic mass is 32.1. The molecule has 88 valence electrons. The van der Waals surface area contributed by atoms with Crippen molar-refractivity contribution in [3.63, 3.8) is 0 Å². The van der Waals surface area contributed by atoms with Crippen LogP contribution in [0.4, 0.5) is 0 Å². The normalized spacial score (nSPS) is 16.4. The predicted octanol–water partition coefficient (Wildman–Crippen LogP) is 2.98. The van der Waals surface area contributed by atoms with Gasteiger partial charge in [-0.3, -0.25) is 9.69 Å². The van der Waals surface area contributed by atoms with E-state index in [1.165, 1.54) is 24.1 Å². The highest BCUT2D eigenvalue weighted by molar-refractivity contribution is 7.14. The van der Waals surface area contributed by atoms with E-state index in [1.54, 1.807) is 11.3 Å². The summed E-state index contributed by atoms with van der Waals surface area (Å²) < 4.78 is 0. The zero-order valence-corrected chi connectivity index (χ0v) is 10.8. The summed E-state index contributed by atoms with van der Waals surface area (Å²) in [4.78, 5) is 16.4. The monoisotopic (exact) mass is 237 g/mol. The van der Waals surface area contributed by atoms with E-state index in [4.69, 9.17) is 0 Å². The summed E-state index contributed by atoms with van der Waals surface area (Å²) in [6, 6.07) is 4.69. The molecule has 16 heavy (non-hydrogen) atoms. The molecular weight excluding hydrogens is 218 g/mol. The van der Waals surface area contributed by atoms with E-state index in [1.807, 2.05) is 6.07 Å². The number of rotatable bonds is 5. The van der Waals surface area contributed by atoms with Gasteiger partial charge in [0.15, 0.2) is 5.78 Å². The Morgan fingerprint density at radius 2 is 2.25 bits per heavy atom. The van der Waals surface area contributed by atoms with Crippen molar-refractivity contribution in [1.29, 1.82) is 0 Å². The molecule has 1 saturated carbocycles. The second kappa shape index (κ2) is 5.11. The average molecular weight is 237 g/mol. The lowest BCUT2D eigenvalue weighted by Gasteiger charge is -2.34. The van der Waals surface area contributed by atoms with Crippen molar-refractivity contribution in [2.24, 2.45) is 0 Å². The smallest absolute Gasteiger partial charge is 0.186 e. The number of carbonyl (C=O) groups is 1. The third kappa shape index (κ3) is 2.53. The Morgan fingerprint density at radius 1 is 1.50 bits per heavy atom. The van der Waals surface area contributed by atoms with Crippen molar-refractivity contribution in [2.45, 2.75) is 38.6 Å². The molecule has 1 aliphatic rings. The Bertz CT molecular complexity index is 368. The van der Waals surface area contributed by atoms with E-state index in [2.05, 4.69) is 24.9 Å². The van der Waals surface area contributed by atoms with E-state index >= 15 is 0 Å². The number of Topliss-reactive ketones (excluding diaryl/α,β-unsaturated/α-hetero) is 1. The van der Waals surface area contributed by atoms with Crippen LogP contribution in [0.15, 0.2) is 12.1 Å². The molecule has 2 rings (SSSR count). The number of hydrogen-bond acceptors (Lipinski definition) is 3. The molecule has 0 amide bonds. The molecule has 0 saturated heterocycles. The quantitative estimate of drug-likeness (QED) is 0.734. The van der Waals surface area contributed by atoms with E-state index in [-0.39, 0.29) is 5.78 Å². The van der Waals surface area contributed by atoms with E-state index in [0.717, 1.165) is 11.3 Å². The summed E-state index contributed by atoms with van der Waals surface area (Å²) in [5.74, 6) is 0.277. The van der Waals surface area contributed by atoms with Crippen molar-refractivity contribution >= 4 is 17.1 Å². The maximum absolute atomic E-state index is 12.0. The summed E-state index contributed by atoms with van der Waals surface area (Å²) >= 11 is 1.64. The average Bonchev–Trinajstić information content (AvgIpc) is 2.62. The third-order valence-electron chi connectivity index (χ3n) is 3.38. The van der Waals surface area contributed by atoms with Gasteiger partial charge in [0.1, 0.15) is 0 Å².